The lowest BCUT2D eigenvalue weighted by atomic mass is 10.3. The van der Waals surface area contributed by atoms with Crippen LogP contribution in [-0.4, -0.2) is 60.2 Å². The van der Waals surface area contributed by atoms with Gasteiger partial charge in [0.05, 0.1) is 21.3 Å². The molecule has 1 atom stereocenters. The van der Waals surface area contributed by atoms with E-state index in [1.165, 1.54) is 37.8 Å². The van der Waals surface area contributed by atoms with Crippen LogP contribution in [0.15, 0.2) is 17.0 Å². The van der Waals surface area contributed by atoms with Crippen molar-refractivity contribution in [2.24, 2.45) is 0 Å². The molecular weight excluding hydrogens is 344 g/mol. The number of halogens is 1. The second kappa shape index (κ2) is 8.05. The van der Waals surface area contributed by atoms with E-state index < -0.39 is 10.0 Å². The molecule has 1 aliphatic heterocycles. The van der Waals surface area contributed by atoms with E-state index in [1.807, 2.05) is 0 Å². The first-order valence-corrected chi connectivity index (χ1v) is 8.38. The summed E-state index contributed by atoms with van der Waals surface area (Å²) in [7, 11) is 2.18. The summed E-state index contributed by atoms with van der Waals surface area (Å²) in [6.45, 7) is 1.44. The van der Waals surface area contributed by atoms with Gasteiger partial charge in [0, 0.05) is 31.8 Å². The van der Waals surface area contributed by atoms with E-state index in [0.29, 0.717) is 12.3 Å². The summed E-state index contributed by atoms with van der Waals surface area (Å²) in [6, 6.07) is 2.99. The van der Waals surface area contributed by atoms with Crippen molar-refractivity contribution in [3.63, 3.8) is 0 Å². The molecule has 1 fully saturated rings. The van der Waals surface area contributed by atoms with Gasteiger partial charge in [0.2, 0.25) is 0 Å². The molecule has 0 aromatic heterocycles. The lowest BCUT2D eigenvalue weighted by Crippen LogP contribution is -2.38. The molecule has 1 aromatic carbocycles. The van der Waals surface area contributed by atoms with Crippen LogP contribution < -0.4 is 19.5 Å². The topological polar surface area (TPSA) is 77.1 Å². The molecule has 0 bridgehead atoms. The lowest BCUT2D eigenvalue weighted by Gasteiger charge is -2.25. The van der Waals surface area contributed by atoms with Crippen LogP contribution in [0.25, 0.3) is 0 Å². The van der Waals surface area contributed by atoms with Crippen molar-refractivity contribution in [3.8, 4) is 17.2 Å². The molecule has 0 saturated carbocycles. The zero-order valence-corrected chi connectivity index (χ0v) is 15.3. The molecule has 1 N–H and O–H groups in total. The van der Waals surface area contributed by atoms with Crippen LogP contribution in [0.4, 0.5) is 0 Å². The van der Waals surface area contributed by atoms with Gasteiger partial charge >= 0.3 is 0 Å². The van der Waals surface area contributed by atoms with E-state index in [2.05, 4.69) is 5.32 Å². The summed E-state index contributed by atoms with van der Waals surface area (Å²) < 4.78 is 43.0. The third kappa shape index (κ3) is 3.82. The van der Waals surface area contributed by atoms with E-state index >= 15 is 0 Å². The first-order valence-electron chi connectivity index (χ1n) is 6.94. The Kier molecular flexibility index (Phi) is 6.94. The smallest absolute Gasteiger partial charge is 0.250 e. The van der Waals surface area contributed by atoms with Gasteiger partial charge in [-0.15, -0.1) is 12.4 Å². The Hall–Kier alpha value is -1.22. The Balaban J connectivity index is 0.00000264. The van der Waals surface area contributed by atoms with E-state index in [-0.39, 0.29) is 34.8 Å². The molecule has 0 radical (unpaired) electrons. The monoisotopic (exact) mass is 366 g/mol. The van der Waals surface area contributed by atoms with Crippen molar-refractivity contribution >= 4 is 22.4 Å². The van der Waals surface area contributed by atoms with Crippen molar-refractivity contribution in [1.82, 2.24) is 9.62 Å². The van der Waals surface area contributed by atoms with Gasteiger partial charge in [-0.05, 0) is 13.0 Å². The Bertz CT molecular complexity index is 607. The summed E-state index contributed by atoms with van der Waals surface area (Å²) in [4.78, 5) is 0.0210. The molecule has 1 aliphatic rings. The summed E-state index contributed by atoms with van der Waals surface area (Å²) in [5, 5.41) is 3.16. The maximum atomic E-state index is 13.0. The minimum atomic E-state index is -3.75. The predicted octanol–water partition coefficient (Wildman–Crippen LogP) is 1.12. The van der Waals surface area contributed by atoms with Crippen molar-refractivity contribution in [2.45, 2.75) is 17.4 Å². The fourth-order valence-corrected chi connectivity index (χ4v) is 4.17. The molecule has 23 heavy (non-hydrogen) atoms. The van der Waals surface area contributed by atoms with Crippen molar-refractivity contribution < 1.29 is 22.6 Å². The number of sulfonamides is 1. The highest BCUT2D eigenvalue weighted by molar-refractivity contribution is 7.89. The number of ether oxygens (including phenoxy) is 3. The Morgan fingerprint density at radius 3 is 2.09 bits per heavy atom. The van der Waals surface area contributed by atoms with E-state index in [1.54, 1.807) is 7.05 Å². The number of nitrogens with one attached hydrogen (secondary N) is 1. The van der Waals surface area contributed by atoms with E-state index in [0.717, 1.165) is 13.0 Å². The first-order chi connectivity index (χ1) is 10.5. The molecule has 7 nitrogen and oxygen atoms in total. The number of nitrogens with zero attached hydrogens (tertiary/aromatic N) is 1. The second-order valence-electron chi connectivity index (χ2n) is 5.03. The van der Waals surface area contributed by atoms with Crippen LogP contribution >= 0.6 is 12.4 Å². The van der Waals surface area contributed by atoms with Crippen LogP contribution in [0.5, 0.6) is 17.2 Å². The largest absolute Gasteiger partial charge is 0.496 e. The molecule has 1 saturated heterocycles. The first kappa shape index (κ1) is 19.8. The Morgan fingerprint density at radius 2 is 1.70 bits per heavy atom. The van der Waals surface area contributed by atoms with Gasteiger partial charge in [0.15, 0.2) is 4.90 Å². The highest BCUT2D eigenvalue weighted by atomic mass is 35.5. The fourth-order valence-electron chi connectivity index (χ4n) is 2.52. The van der Waals surface area contributed by atoms with Crippen LogP contribution in [0.3, 0.4) is 0 Å². The Labute approximate surface area is 143 Å². The third-order valence-corrected chi connectivity index (χ3v) is 5.83. The normalized spacial score (nSPS) is 17.7. The molecule has 0 spiro atoms. The third-order valence-electron chi connectivity index (χ3n) is 3.86. The van der Waals surface area contributed by atoms with Crippen molar-refractivity contribution in [1.29, 1.82) is 0 Å². The highest BCUT2D eigenvalue weighted by Gasteiger charge is 2.35. The van der Waals surface area contributed by atoms with Gasteiger partial charge in [-0.25, -0.2) is 8.42 Å². The van der Waals surface area contributed by atoms with Gasteiger partial charge in [-0.2, -0.15) is 4.31 Å². The van der Waals surface area contributed by atoms with Crippen molar-refractivity contribution in [2.75, 3.05) is 41.5 Å². The molecule has 1 heterocycles. The number of hydrogen-bond acceptors (Lipinski definition) is 6. The summed E-state index contributed by atoms with van der Waals surface area (Å²) >= 11 is 0. The van der Waals surface area contributed by atoms with Gasteiger partial charge in [0.25, 0.3) is 10.0 Å². The summed E-state index contributed by atoms with van der Waals surface area (Å²) in [5.41, 5.74) is 0. The maximum Gasteiger partial charge on any atom is 0.250 e. The molecule has 1 unspecified atom stereocenters. The number of benzene rings is 1. The molecule has 132 valence electrons. The Morgan fingerprint density at radius 1 is 1.13 bits per heavy atom. The van der Waals surface area contributed by atoms with Gasteiger partial charge in [0.1, 0.15) is 17.2 Å². The van der Waals surface area contributed by atoms with E-state index in [9.17, 15) is 8.42 Å². The van der Waals surface area contributed by atoms with Crippen LogP contribution in [0, 0.1) is 0 Å². The number of hydrogen-bond donors (Lipinski definition) is 1. The predicted molar refractivity (Wildman–Crippen MR) is 89.6 cm³/mol. The minimum Gasteiger partial charge on any atom is -0.496 e. The zero-order chi connectivity index (χ0) is 16.3. The number of methoxy groups -OCH3 is 3. The molecule has 2 rings (SSSR count). The summed E-state index contributed by atoms with van der Waals surface area (Å²) in [6.07, 6.45) is 0.774. The molecule has 9 heteroatoms. The highest BCUT2D eigenvalue weighted by Crippen LogP contribution is 2.39. The SMILES string of the molecule is COc1cc(OC)c(S(=O)(=O)N(C)C2CCNC2)c(OC)c1.Cl. The van der Waals surface area contributed by atoms with Gasteiger partial charge < -0.3 is 19.5 Å². The zero-order valence-electron chi connectivity index (χ0n) is 13.7. The van der Waals surface area contributed by atoms with Crippen LogP contribution in [0.2, 0.25) is 0 Å². The quantitative estimate of drug-likeness (QED) is 0.813. The molecule has 1 aromatic rings. The number of rotatable bonds is 6. The maximum absolute atomic E-state index is 13.0. The van der Waals surface area contributed by atoms with Crippen molar-refractivity contribution in [3.05, 3.63) is 12.1 Å². The molecule has 0 amide bonds. The van der Waals surface area contributed by atoms with Gasteiger partial charge in [-0.3, -0.25) is 0 Å². The second-order valence-corrected chi connectivity index (χ2v) is 6.96. The number of likely N-dealkylation sites (N-methyl/N-ethyl adjacent to an activating group) is 1. The summed E-state index contributed by atoms with van der Waals surface area (Å²) in [5.74, 6) is 0.876. The minimum absolute atomic E-state index is 0. The average molecular weight is 367 g/mol. The van der Waals surface area contributed by atoms with E-state index in [4.69, 9.17) is 14.2 Å². The van der Waals surface area contributed by atoms with Gasteiger partial charge in [-0.1, -0.05) is 0 Å². The lowest BCUT2D eigenvalue weighted by molar-refractivity contribution is 0.348. The van der Waals surface area contributed by atoms with Crippen LogP contribution in [0.1, 0.15) is 6.42 Å². The van der Waals surface area contributed by atoms with Crippen LogP contribution in [-0.2, 0) is 10.0 Å². The molecule has 0 aliphatic carbocycles. The standard InChI is InChI=1S/C14H22N2O5S.ClH/c1-16(10-5-6-15-9-10)22(17,18)14-12(20-3)7-11(19-2)8-13(14)21-4;/h7-8,10,15H,5-6,9H2,1-4H3;1H. The fraction of sp³-hybridized carbons (Fsp3) is 0.571. The molecular formula is C14H23ClN2O5S. The average Bonchev–Trinajstić information content (AvgIpc) is 3.06.